The number of hydrogen-bond acceptors (Lipinski definition) is 2. The molecule has 16 heavy (non-hydrogen) atoms. The number of likely N-dealkylation sites (N-methyl/N-ethyl adjacent to an activating group) is 1. The minimum absolute atomic E-state index is 0.555. The molecule has 0 aliphatic rings. The summed E-state index contributed by atoms with van der Waals surface area (Å²) in [5.74, 6) is 0. The van der Waals surface area contributed by atoms with Crippen molar-refractivity contribution >= 4 is 31.9 Å². The second kappa shape index (κ2) is 6.74. The van der Waals surface area contributed by atoms with Crippen LogP contribution in [0.25, 0.3) is 0 Å². The van der Waals surface area contributed by atoms with E-state index in [0.29, 0.717) is 6.04 Å². The van der Waals surface area contributed by atoms with Gasteiger partial charge in [0.15, 0.2) is 0 Å². The summed E-state index contributed by atoms with van der Waals surface area (Å²) in [4.78, 5) is 2.21. The summed E-state index contributed by atoms with van der Waals surface area (Å²) in [5, 5.41) is 3.45. The molecule has 0 spiro atoms. The van der Waals surface area contributed by atoms with Gasteiger partial charge < -0.3 is 10.2 Å². The van der Waals surface area contributed by atoms with Gasteiger partial charge in [0.1, 0.15) is 0 Å². The van der Waals surface area contributed by atoms with Gasteiger partial charge in [0.25, 0.3) is 0 Å². The van der Waals surface area contributed by atoms with Crippen LogP contribution in [0.15, 0.2) is 27.1 Å². The second-order valence-electron chi connectivity index (χ2n) is 4.19. The molecule has 4 heteroatoms. The van der Waals surface area contributed by atoms with E-state index in [-0.39, 0.29) is 0 Å². The molecule has 0 aromatic heterocycles. The van der Waals surface area contributed by atoms with Crippen LogP contribution >= 0.6 is 31.9 Å². The zero-order valence-electron chi connectivity index (χ0n) is 9.93. The molecule has 1 atom stereocenters. The lowest BCUT2D eigenvalue weighted by Gasteiger charge is -2.20. The third kappa shape index (κ3) is 4.53. The molecule has 1 unspecified atom stereocenters. The normalized spacial score (nSPS) is 13.1. The van der Waals surface area contributed by atoms with Crippen molar-refractivity contribution in [2.45, 2.75) is 19.5 Å². The first kappa shape index (κ1) is 14.2. The van der Waals surface area contributed by atoms with Gasteiger partial charge in [0, 0.05) is 28.1 Å². The number of benzene rings is 1. The van der Waals surface area contributed by atoms with Gasteiger partial charge in [-0.3, -0.25) is 0 Å². The average molecular weight is 350 g/mol. The molecule has 0 heterocycles. The molecule has 1 aromatic carbocycles. The Morgan fingerprint density at radius 2 is 1.94 bits per heavy atom. The van der Waals surface area contributed by atoms with Crippen LogP contribution in [0.3, 0.4) is 0 Å². The summed E-state index contributed by atoms with van der Waals surface area (Å²) in [7, 11) is 4.20. The highest BCUT2D eigenvalue weighted by Crippen LogP contribution is 2.23. The van der Waals surface area contributed by atoms with Gasteiger partial charge in [0.2, 0.25) is 0 Å². The Morgan fingerprint density at radius 3 is 2.50 bits per heavy atom. The minimum Gasteiger partial charge on any atom is -0.311 e. The highest BCUT2D eigenvalue weighted by atomic mass is 79.9. The zero-order valence-corrected chi connectivity index (χ0v) is 13.1. The Labute approximate surface area is 115 Å². The van der Waals surface area contributed by atoms with Crippen molar-refractivity contribution in [2.75, 3.05) is 20.6 Å². The lowest BCUT2D eigenvalue weighted by Crippen LogP contribution is -2.35. The van der Waals surface area contributed by atoms with E-state index in [2.05, 4.69) is 81.3 Å². The van der Waals surface area contributed by atoms with Crippen molar-refractivity contribution in [3.63, 3.8) is 0 Å². The Kier molecular flexibility index (Phi) is 5.97. The fourth-order valence-electron chi connectivity index (χ4n) is 1.26. The largest absolute Gasteiger partial charge is 0.311 e. The summed E-state index contributed by atoms with van der Waals surface area (Å²) in [6.45, 7) is 4.12. The molecule has 1 rings (SSSR count). The van der Waals surface area contributed by atoms with Crippen molar-refractivity contribution in [3.05, 3.63) is 32.7 Å². The van der Waals surface area contributed by atoms with E-state index in [4.69, 9.17) is 0 Å². The van der Waals surface area contributed by atoms with Gasteiger partial charge in [-0.05, 0) is 70.6 Å². The van der Waals surface area contributed by atoms with Crippen molar-refractivity contribution in [1.82, 2.24) is 10.2 Å². The number of nitrogens with one attached hydrogen (secondary N) is 1. The molecule has 2 nitrogen and oxygen atoms in total. The van der Waals surface area contributed by atoms with E-state index in [9.17, 15) is 0 Å². The molecular formula is C12H18Br2N2. The first-order chi connectivity index (χ1) is 7.50. The highest BCUT2D eigenvalue weighted by Gasteiger charge is 2.03. The van der Waals surface area contributed by atoms with Crippen molar-refractivity contribution in [1.29, 1.82) is 0 Å². The first-order valence-corrected chi connectivity index (χ1v) is 6.90. The maximum absolute atomic E-state index is 3.51. The lowest BCUT2D eigenvalue weighted by molar-refractivity contribution is 0.302. The van der Waals surface area contributed by atoms with Crippen LogP contribution in [-0.4, -0.2) is 31.6 Å². The maximum Gasteiger partial charge on any atom is 0.0320 e. The summed E-state index contributed by atoms with van der Waals surface area (Å²) in [6.07, 6.45) is 0. The van der Waals surface area contributed by atoms with Crippen LogP contribution in [0.4, 0.5) is 0 Å². The number of rotatable bonds is 5. The molecule has 0 aliphatic heterocycles. The molecule has 0 saturated carbocycles. The molecule has 90 valence electrons. The van der Waals surface area contributed by atoms with Crippen molar-refractivity contribution in [3.8, 4) is 0 Å². The molecule has 0 amide bonds. The fourth-order valence-corrected chi connectivity index (χ4v) is 1.93. The third-order valence-electron chi connectivity index (χ3n) is 2.63. The quantitative estimate of drug-likeness (QED) is 0.877. The van der Waals surface area contributed by atoms with Crippen LogP contribution in [-0.2, 0) is 6.54 Å². The molecule has 1 aromatic rings. The second-order valence-corrected chi connectivity index (χ2v) is 5.90. The Balaban J connectivity index is 2.40. The third-order valence-corrected chi connectivity index (χ3v) is 4.51. The standard InChI is InChI=1S/C12H18Br2N2/c1-9(16(2)3)7-15-8-10-4-5-11(13)12(14)6-10/h4-6,9,15H,7-8H2,1-3H3. The van der Waals surface area contributed by atoms with Crippen LogP contribution in [0.1, 0.15) is 12.5 Å². The monoisotopic (exact) mass is 348 g/mol. The molecule has 1 N–H and O–H groups in total. The summed E-state index contributed by atoms with van der Waals surface area (Å²) in [5.41, 5.74) is 1.29. The van der Waals surface area contributed by atoms with E-state index < -0.39 is 0 Å². The topological polar surface area (TPSA) is 15.3 Å². The van der Waals surface area contributed by atoms with Gasteiger partial charge in [-0.15, -0.1) is 0 Å². The SMILES string of the molecule is CC(CNCc1ccc(Br)c(Br)c1)N(C)C. The molecule has 0 aliphatic carbocycles. The predicted octanol–water partition coefficient (Wildman–Crippen LogP) is 3.25. The Bertz CT molecular complexity index is 340. The van der Waals surface area contributed by atoms with Crippen LogP contribution in [0, 0.1) is 0 Å². The van der Waals surface area contributed by atoms with Crippen LogP contribution in [0.2, 0.25) is 0 Å². The Morgan fingerprint density at radius 1 is 1.25 bits per heavy atom. The summed E-state index contributed by atoms with van der Waals surface area (Å²) >= 11 is 6.97. The molecule has 0 fully saturated rings. The van der Waals surface area contributed by atoms with E-state index in [0.717, 1.165) is 22.0 Å². The Hall–Kier alpha value is 0.1000. The van der Waals surface area contributed by atoms with Gasteiger partial charge in [-0.25, -0.2) is 0 Å². The highest BCUT2D eigenvalue weighted by molar-refractivity contribution is 9.13. The average Bonchev–Trinajstić information content (AvgIpc) is 2.23. The zero-order chi connectivity index (χ0) is 12.1. The molecule has 0 bridgehead atoms. The molecule has 0 radical (unpaired) electrons. The van der Waals surface area contributed by atoms with Gasteiger partial charge >= 0.3 is 0 Å². The smallest absolute Gasteiger partial charge is 0.0320 e. The van der Waals surface area contributed by atoms with Crippen molar-refractivity contribution in [2.24, 2.45) is 0 Å². The molecule has 0 saturated heterocycles. The van der Waals surface area contributed by atoms with Crippen LogP contribution < -0.4 is 5.32 Å². The number of halogens is 2. The van der Waals surface area contributed by atoms with Gasteiger partial charge in [-0.1, -0.05) is 6.07 Å². The number of hydrogen-bond donors (Lipinski definition) is 1. The lowest BCUT2D eigenvalue weighted by atomic mass is 10.2. The van der Waals surface area contributed by atoms with E-state index in [1.165, 1.54) is 5.56 Å². The first-order valence-electron chi connectivity index (χ1n) is 5.31. The summed E-state index contributed by atoms with van der Waals surface area (Å²) in [6, 6.07) is 6.88. The van der Waals surface area contributed by atoms with E-state index in [1.807, 2.05) is 0 Å². The fraction of sp³-hybridized carbons (Fsp3) is 0.500. The van der Waals surface area contributed by atoms with Gasteiger partial charge in [0.05, 0.1) is 0 Å². The van der Waals surface area contributed by atoms with Gasteiger partial charge in [-0.2, -0.15) is 0 Å². The van der Waals surface area contributed by atoms with E-state index >= 15 is 0 Å². The predicted molar refractivity (Wildman–Crippen MR) is 76.7 cm³/mol. The van der Waals surface area contributed by atoms with Crippen molar-refractivity contribution < 1.29 is 0 Å². The number of nitrogens with zero attached hydrogens (tertiary/aromatic N) is 1. The maximum atomic E-state index is 3.51. The van der Waals surface area contributed by atoms with Crippen LogP contribution in [0.5, 0.6) is 0 Å². The summed E-state index contributed by atoms with van der Waals surface area (Å²) < 4.78 is 2.20. The van der Waals surface area contributed by atoms with E-state index in [1.54, 1.807) is 0 Å². The molecular weight excluding hydrogens is 332 g/mol. The minimum atomic E-state index is 0.555.